The van der Waals surface area contributed by atoms with Gasteiger partial charge in [0, 0.05) is 23.4 Å². The van der Waals surface area contributed by atoms with Crippen LogP contribution in [0.25, 0.3) is 10.2 Å². The Balaban J connectivity index is 1.97. The van der Waals surface area contributed by atoms with Gasteiger partial charge in [0.15, 0.2) is 0 Å². The first kappa shape index (κ1) is 12.2. The molecule has 0 aliphatic carbocycles. The summed E-state index contributed by atoms with van der Waals surface area (Å²) < 4.78 is 0. The molecule has 2 aromatic heterocycles. The Bertz CT molecular complexity index is 573. The maximum absolute atomic E-state index is 6.25. The second kappa shape index (κ2) is 4.67. The Morgan fingerprint density at radius 3 is 2.78 bits per heavy atom. The van der Waals surface area contributed by atoms with Crippen LogP contribution in [0, 0.1) is 12.8 Å². The van der Waals surface area contributed by atoms with Crippen LogP contribution in [0.2, 0.25) is 5.15 Å². The number of hydrogen-bond acceptors (Lipinski definition) is 4. The zero-order valence-electron chi connectivity index (χ0n) is 10.6. The monoisotopic (exact) mass is 281 g/mol. The van der Waals surface area contributed by atoms with Crippen molar-refractivity contribution in [2.75, 3.05) is 18.0 Å². The Kier molecular flexibility index (Phi) is 3.16. The summed E-state index contributed by atoms with van der Waals surface area (Å²) in [5.74, 6) is 1.60. The summed E-state index contributed by atoms with van der Waals surface area (Å²) in [7, 11) is 0. The van der Waals surface area contributed by atoms with Gasteiger partial charge in [-0.1, -0.05) is 18.5 Å². The molecule has 0 bridgehead atoms. The summed E-state index contributed by atoms with van der Waals surface area (Å²) in [6.45, 7) is 6.45. The third-order valence-corrected chi connectivity index (χ3v) is 4.76. The van der Waals surface area contributed by atoms with Gasteiger partial charge in [0.1, 0.15) is 9.98 Å². The molecule has 0 radical (unpaired) electrons. The van der Waals surface area contributed by atoms with E-state index in [0.717, 1.165) is 35.2 Å². The van der Waals surface area contributed by atoms with Crippen molar-refractivity contribution < 1.29 is 0 Å². The van der Waals surface area contributed by atoms with Crippen LogP contribution in [0.4, 0.5) is 5.95 Å². The van der Waals surface area contributed by atoms with Crippen molar-refractivity contribution in [3.05, 3.63) is 16.1 Å². The average Bonchev–Trinajstić information content (AvgIpc) is 2.71. The second-order valence-corrected chi connectivity index (χ2v) is 6.65. The summed E-state index contributed by atoms with van der Waals surface area (Å²) >= 11 is 7.94. The van der Waals surface area contributed by atoms with Crippen molar-refractivity contribution in [2.45, 2.75) is 26.7 Å². The van der Waals surface area contributed by atoms with Gasteiger partial charge in [0.05, 0.1) is 0 Å². The first-order valence-electron chi connectivity index (χ1n) is 6.32. The number of fused-ring (bicyclic) bond motifs is 1. The minimum atomic E-state index is 0.581. The number of aryl methyl sites for hydroxylation is 1. The highest BCUT2D eigenvalue weighted by Crippen LogP contribution is 2.31. The molecule has 96 valence electrons. The number of aromatic nitrogens is 2. The molecule has 1 saturated heterocycles. The van der Waals surface area contributed by atoms with E-state index in [1.165, 1.54) is 17.7 Å². The quantitative estimate of drug-likeness (QED) is 0.743. The van der Waals surface area contributed by atoms with Crippen LogP contribution in [-0.4, -0.2) is 23.1 Å². The maximum atomic E-state index is 6.25. The first-order chi connectivity index (χ1) is 8.63. The van der Waals surface area contributed by atoms with Gasteiger partial charge in [-0.2, -0.15) is 0 Å². The fourth-order valence-corrected chi connectivity index (χ4v) is 3.50. The predicted molar refractivity (Wildman–Crippen MR) is 77.8 cm³/mol. The molecule has 0 atom stereocenters. The molecule has 0 N–H and O–H groups in total. The number of thiophene rings is 1. The highest BCUT2D eigenvalue weighted by Gasteiger charge is 2.19. The number of piperidine rings is 1. The standard InChI is InChI=1S/C13H16ClN3S/c1-8-3-5-17(6-4-8)13-15-11(14)10-7-9(2)18-12(10)16-13/h7-8H,3-6H2,1-2H3. The van der Waals surface area contributed by atoms with Crippen molar-refractivity contribution in [1.29, 1.82) is 0 Å². The van der Waals surface area contributed by atoms with Crippen LogP contribution < -0.4 is 4.90 Å². The molecule has 0 aromatic carbocycles. The summed E-state index contributed by atoms with van der Waals surface area (Å²) in [5, 5.41) is 1.56. The molecule has 1 aliphatic heterocycles. The lowest BCUT2D eigenvalue weighted by molar-refractivity contribution is 0.435. The number of nitrogens with zero attached hydrogens (tertiary/aromatic N) is 3. The number of rotatable bonds is 1. The second-order valence-electron chi connectivity index (χ2n) is 5.06. The van der Waals surface area contributed by atoms with E-state index in [0.29, 0.717) is 5.15 Å². The number of halogens is 1. The predicted octanol–water partition coefficient (Wildman–Crippen LogP) is 3.89. The normalized spacial score (nSPS) is 17.6. The van der Waals surface area contributed by atoms with E-state index in [9.17, 15) is 0 Å². The van der Waals surface area contributed by atoms with Gasteiger partial charge in [-0.3, -0.25) is 0 Å². The number of anilines is 1. The molecule has 0 unspecified atom stereocenters. The first-order valence-corrected chi connectivity index (χ1v) is 7.51. The van der Waals surface area contributed by atoms with Gasteiger partial charge in [0.2, 0.25) is 5.95 Å². The van der Waals surface area contributed by atoms with E-state index in [-0.39, 0.29) is 0 Å². The van der Waals surface area contributed by atoms with Gasteiger partial charge in [-0.05, 0) is 31.7 Å². The molecule has 0 amide bonds. The Morgan fingerprint density at radius 1 is 1.33 bits per heavy atom. The van der Waals surface area contributed by atoms with E-state index in [2.05, 4.69) is 34.8 Å². The van der Waals surface area contributed by atoms with Crippen molar-refractivity contribution in [3.8, 4) is 0 Å². The van der Waals surface area contributed by atoms with Gasteiger partial charge in [-0.15, -0.1) is 11.3 Å². The summed E-state index contributed by atoms with van der Waals surface area (Å²) in [4.78, 5) is 13.6. The van der Waals surface area contributed by atoms with Crippen LogP contribution in [0.3, 0.4) is 0 Å². The highest BCUT2D eigenvalue weighted by molar-refractivity contribution is 7.18. The molecule has 0 spiro atoms. The average molecular weight is 282 g/mol. The molecular weight excluding hydrogens is 266 g/mol. The van der Waals surface area contributed by atoms with Crippen LogP contribution in [0.5, 0.6) is 0 Å². The molecule has 3 heterocycles. The van der Waals surface area contributed by atoms with Crippen molar-refractivity contribution in [3.63, 3.8) is 0 Å². The van der Waals surface area contributed by atoms with Crippen molar-refractivity contribution in [2.24, 2.45) is 5.92 Å². The van der Waals surface area contributed by atoms with Crippen LogP contribution >= 0.6 is 22.9 Å². The van der Waals surface area contributed by atoms with Gasteiger partial charge in [-0.25, -0.2) is 9.97 Å². The topological polar surface area (TPSA) is 29.0 Å². The van der Waals surface area contributed by atoms with Gasteiger partial charge < -0.3 is 4.90 Å². The minimum Gasteiger partial charge on any atom is -0.341 e. The SMILES string of the molecule is Cc1cc2c(Cl)nc(N3CCC(C)CC3)nc2s1. The Morgan fingerprint density at radius 2 is 2.06 bits per heavy atom. The molecule has 3 rings (SSSR count). The third-order valence-electron chi connectivity index (χ3n) is 3.52. The molecule has 18 heavy (non-hydrogen) atoms. The lowest BCUT2D eigenvalue weighted by Gasteiger charge is -2.30. The van der Waals surface area contributed by atoms with E-state index < -0.39 is 0 Å². The highest BCUT2D eigenvalue weighted by atomic mass is 35.5. The minimum absolute atomic E-state index is 0.581. The van der Waals surface area contributed by atoms with Gasteiger partial charge >= 0.3 is 0 Å². The molecular formula is C13H16ClN3S. The Hall–Kier alpha value is -0.870. The van der Waals surface area contributed by atoms with Crippen LogP contribution in [-0.2, 0) is 0 Å². The zero-order chi connectivity index (χ0) is 12.7. The van der Waals surface area contributed by atoms with E-state index in [4.69, 9.17) is 11.6 Å². The van der Waals surface area contributed by atoms with Gasteiger partial charge in [0.25, 0.3) is 0 Å². The van der Waals surface area contributed by atoms with Crippen LogP contribution in [0.1, 0.15) is 24.6 Å². The zero-order valence-corrected chi connectivity index (χ0v) is 12.2. The summed E-state index contributed by atoms with van der Waals surface area (Å²) in [6, 6.07) is 2.06. The molecule has 2 aromatic rings. The van der Waals surface area contributed by atoms with Crippen LogP contribution in [0.15, 0.2) is 6.07 Å². The lowest BCUT2D eigenvalue weighted by atomic mass is 10.00. The van der Waals surface area contributed by atoms with E-state index in [1.807, 2.05) is 0 Å². The Labute approximate surface area is 116 Å². The molecule has 1 aliphatic rings. The third kappa shape index (κ3) is 2.19. The summed E-state index contributed by atoms with van der Waals surface area (Å²) in [5.41, 5.74) is 0. The number of hydrogen-bond donors (Lipinski definition) is 0. The van der Waals surface area contributed by atoms with E-state index >= 15 is 0 Å². The maximum Gasteiger partial charge on any atom is 0.228 e. The summed E-state index contributed by atoms with van der Waals surface area (Å²) in [6.07, 6.45) is 2.42. The lowest BCUT2D eigenvalue weighted by Crippen LogP contribution is -2.34. The molecule has 3 nitrogen and oxygen atoms in total. The molecule has 0 saturated carbocycles. The fourth-order valence-electron chi connectivity index (χ4n) is 2.35. The smallest absolute Gasteiger partial charge is 0.228 e. The largest absolute Gasteiger partial charge is 0.341 e. The fraction of sp³-hybridized carbons (Fsp3) is 0.538. The molecule has 5 heteroatoms. The molecule has 1 fully saturated rings. The van der Waals surface area contributed by atoms with E-state index in [1.54, 1.807) is 11.3 Å². The van der Waals surface area contributed by atoms with Crippen molar-refractivity contribution in [1.82, 2.24) is 9.97 Å². The van der Waals surface area contributed by atoms with Crippen molar-refractivity contribution >= 4 is 39.1 Å².